The molecule has 0 radical (unpaired) electrons. The van der Waals surface area contributed by atoms with E-state index in [2.05, 4.69) is 50.9 Å². The summed E-state index contributed by atoms with van der Waals surface area (Å²) in [6.07, 6.45) is 4.10. The number of aromatic nitrogens is 3. The lowest BCUT2D eigenvalue weighted by Crippen LogP contribution is -2.43. The second-order valence-corrected chi connectivity index (χ2v) is 6.71. The van der Waals surface area contributed by atoms with Crippen molar-refractivity contribution in [2.75, 3.05) is 0 Å². The van der Waals surface area contributed by atoms with Gasteiger partial charge in [-0.1, -0.05) is 34.1 Å². The van der Waals surface area contributed by atoms with E-state index in [0.29, 0.717) is 10.7 Å². The Bertz CT molecular complexity index is 710. The summed E-state index contributed by atoms with van der Waals surface area (Å²) in [6, 6.07) is 8.46. The van der Waals surface area contributed by atoms with Crippen LogP contribution in [-0.4, -0.2) is 14.8 Å². The maximum atomic E-state index is 5.26. The normalized spacial score (nSPS) is 25.2. The fourth-order valence-electron chi connectivity index (χ4n) is 3.11. The highest BCUT2D eigenvalue weighted by molar-refractivity contribution is 9.10. The molecule has 1 heterocycles. The van der Waals surface area contributed by atoms with Gasteiger partial charge in [-0.15, -0.1) is 6.58 Å². The maximum absolute atomic E-state index is 5.26. The second kappa shape index (κ2) is 4.97. The van der Waals surface area contributed by atoms with Gasteiger partial charge in [-0.3, -0.25) is 5.10 Å². The lowest BCUT2D eigenvalue weighted by Gasteiger charge is -2.46. The molecule has 1 fully saturated rings. The van der Waals surface area contributed by atoms with E-state index in [1.54, 1.807) is 0 Å². The van der Waals surface area contributed by atoms with Gasteiger partial charge in [0.15, 0.2) is 4.77 Å². The van der Waals surface area contributed by atoms with E-state index in [1.165, 1.54) is 5.56 Å². The molecule has 0 spiro atoms. The molecule has 0 saturated heterocycles. The lowest BCUT2D eigenvalue weighted by atomic mass is 9.58. The summed E-state index contributed by atoms with van der Waals surface area (Å²) in [5, 5.41) is 7.39. The average molecular weight is 350 g/mol. The fraction of sp³-hybridized carbons (Fsp3) is 0.333. The minimum Gasteiger partial charge on any atom is -0.307 e. The van der Waals surface area contributed by atoms with Crippen molar-refractivity contribution in [3.05, 3.63) is 57.6 Å². The van der Waals surface area contributed by atoms with E-state index < -0.39 is 0 Å². The molecule has 1 aliphatic carbocycles. The van der Waals surface area contributed by atoms with Gasteiger partial charge in [-0.05, 0) is 48.7 Å². The zero-order chi connectivity index (χ0) is 14.3. The second-order valence-electron chi connectivity index (χ2n) is 5.41. The van der Waals surface area contributed by atoms with E-state index in [-0.39, 0.29) is 5.41 Å². The molecule has 2 aromatic rings. The molecule has 5 heteroatoms. The van der Waals surface area contributed by atoms with E-state index in [1.807, 2.05) is 23.8 Å². The van der Waals surface area contributed by atoms with Gasteiger partial charge in [0, 0.05) is 11.5 Å². The zero-order valence-electron chi connectivity index (χ0n) is 11.3. The van der Waals surface area contributed by atoms with E-state index in [9.17, 15) is 0 Å². The third-order valence-electron chi connectivity index (χ3n) is 4.24. The minimum absolute atomic E-state index is 0.0645. The predicted octanol–water partition coefficient (Wildman–Crippen LogP) is 4.12. The van der Waals surface area contributed by atoms with Gasteiger partial charge in [0.25, 0.3) is 0 Å². The molecule has 104 valence electrons. The molecular weight excluding hydrogens is 334 g/mol. The summed E-state index contributed by atoms with van der Waals surface area (Å²) in [6.45, 7) is 3.92. The lowest BCUT2D eigenvalue weighted by molar-refractivity contribution is 0.210. The molecule has 1 saturated carbocycles. The van der Waals surface area contributed by atoms with Crippen LogP contribution in [0.25, 0.3) is 0 Å². The largest absolute Gasteiger partial charge is 0.307 e. The number of aromatic amines is 1. The summed E-state index contributed by atoms with van der Waals surface area (Å²) in [5.74, 6) is 1.55. The Labute approximate surface area is 131 Å². The Kier molecular flexibility index (Phi) is 3.42. The highest BCUT2D eigenvalue weighted by Gasteiger charge is 2.48. The first-order valence-corrected chi connectivity index (χ1v) is 7.77. The summed E-state index contributed by atoms with van der Waals surface area (Å²) in [4.78, 5) is 0. The Balaban J connectivity index is 2.14. The molecule has 0 unspecified atom stereocenters. The van der Waals surface area contributed by atoms with Crippen molar-refractivity contribution in [1.29, 1.82) is 0 Å². The van der Waals surface area contributed by atoms with Crippen LogP contribution in [-0.2, 0) is 12.5 Å². The van der Waals surface area contributed by atoms with Crippen molar-refractivity contribution in [2.45, 2.75) is 18.3 Å². The monoisotopic (exact) mass is 349 g/mol. The van der Waals surface area contributed by atoms with Crippen molar-refractivity contribution >= 4 is 28.1 Å². The molecule has 3 rings (SSSR count). The molecule has 3 nitrogen and oxygen atoms in total. The molecule has 1 aliphatic rings. The van der Waals surface area contributed by atoms with Gasteiger partial charge in [0.1, 0.15) is 5.82 Å². The first-order chi connectivity index (χ1) is 9.56. The molecule has 0 aliphatic heterocycles. The Morgan fingerprint density at radius 3 is 2.85 bits per heavy atom. The van der Waals surface area contributed by atoms with Crippen molar-refractivity contribution in [2.24, 2.45) is 13.0 Å². The summed E-state index contributed by atoms with van der Waals surface area (Å²) >= 11 is 8.82. The van der Waals surface area contributed by atoms with Crippen molar-refractivity contribution < 1.29 is 0 Å². The Hall–Kier alpha value is -1.20. The number of allylic oxidation sites excluding steroid dienone is 1. The van der Waals surface area contributed by atoms with Crippen LogP contribution in [0.2, 0.25) is 0 Å². The zero-order valence-corrected chi connectivity index (χ0v) is 13.7. The van der Waals surface area contributed by atoms with Crippen LogP contribution in [0.3, 0.4) is 0 Å². The van der Waals surface area contributed by atoms with Gasteiger partial charge < -0.3 is 4.57 Å². The van der Waals surface area contributed by atoms with Gasteiger partial charge >= 0.3 is 0 Å². The third-order valence-corrected chi connectivity index (χ3v) is 5.10. The third kappa shape index (κ3) is 2.00. The van der Waals surface area contributed by atoms with Gasteiger partial charge in [0.2, 0.25) is 0 Å². The fourth-order valence-corrected chi connectivity index (χ4v) is 3.64. The van der Waals surface area contributed by atoms with E-state index in [4.69, 9.17) is 12.2 Å². The van der Waals surface area contributed by atoms with E-state index >= 15 is 0 Å². The molecule has 1 aromatic carbocycles. The van der Waals surface area contributed by atoms with Crippen molar-refractivity contribution in [3.8, 4) is 0 Å². The Morgan fingerprint density at radius 2 is 2.30 bits per heavy atom. The summed E-state index contributed by atoms with van der Waals surface area (Å²) < 4.78 is 3.74. The maximum Gasteiger partial charge on any atom is 0.194 e. The SMILES string of the molecule is C=CC1CC(c2cccc(Br)c2)(c2n[nH]c(=S)n2C)C1. The molecular formula is C15H16BrN3S. The smallest absolute Gasteiger partial charge is 0.194 e. The standard InChI is InChI=1S/C15H16BrN3S/c1-3-10-8-15(9-10,11-5-4-6-12(16)7-11)13-17-18-14(20)19(13)2/h3-7,10H,1,8-9H2,2H3,(H,18,20). The number of nitrogens with one attached hydrogen (secondary N) is 1. The molecule has 0 amide bonds. The molecule has 0 bridgehead atoms. The Morgan fingerprint density at radius 1 is 1.55 bits per heavy atom. The van der Waals surface area contributed by atoms with Crippen molar-refractivity contribution in [3.63, 3.8) is 0 Å². The molecule has 1 N–H and O–H groups in total. The van der Waals surface area contributed by atoms with Crippen LogP contribution in [0.15, 0.2) is 41.4 Å². The van der Waals surface area contributed by atoms with Crippen LogP contribution >= 0.6 is 28.1 Å². The van der Waals surface area contributed by atoms with Gasteiger partial charge in [-0.25, -0.2) is 0 Å². The summed E-state index contributed by atoms with van der Waals surface area (Å²) in [7, 11) is 1.97. The quantitative estimate of drug-likeness (QED) is 0.667. The van der Waals surface area contributed by atoms with Crippen LogP contribution in [0, 0.1) is 10.7 Å². The highest BCUT2D eigenvalue weighted by atomic mass is 79.9. The topological polar surface area (TPSA) is 33.6 Å². The molecule has 20 heavy (non-hydrogen) atoms. The number of halogens is 1. The predicted molar refractivity (Wildman–Crippen MR) is 86.2 cm³/mol. The highest BCUT2D eigenvalue weighted by Crippen LogP contribution is 2.52. The number of rotatable bonds is 3. The first kappa shape index (κ1) is 13.8. The van der Waals surface area contributed by atoms with Crippen LogP contribution in [0.5, 0.6) is 0 Å². The van der Waals surface area contributed by atoms with Crippen LogP contribution in [0.1, 0.15) is 24.2 Å². The average Bonchev–Trinajstić information content (AvgIpc) is 2.71. The number of nitrogens with zero attached hydrogens (tertiary/aromatic N) is 2. The van der Waals surface area contributed by atoms with Crippen molar-refractivity contribution in [1.82, 2.24) is 14.8 Å². The first-order valence-electron chi connectivity index (χ1n) is 6.57. The summed E-state index contributed by atoms with van der Waals surface area (Å²) in [5.41, 5.74) is 1.22. The van der Waals surface area contributed by atoms with Crippen LogP contribution in [0.4, 0.5) is 0 Å². The van der Waals surface area contributed by atoms with Gasteiger partial charge in [0.05, 0.1) is 5.41 Å². The van der Waals surface area contributed by atoms with E-state index in [0.717, 1.165) is 23.1 Å². The number of hydrogen-bond donors (Lipinski definition) is 1. The minimum atomic E-state index is -0.0645. The number of benzene rings is 1. The number of hydrogen-bond acceptors (Lipinski definition) is 2. The van der Waals surface area contributed by atoms with Gasteiger partial charge in [-0.2, -0.15) is 5.10 Å². The van der Waals surface area contributed by atoms with Crippen LogP contribution < -0.4 is 0 Å². The molecule has 1 aromatic heterocycles. The molecule has 0 atom stereocenters. The number of H-pyrrole nitrogens is 1.